The summed E-state index contributed by atoms with van der Waals surface area (Å²) in [5.41, 5.74) is 2.60. The van der Waals surface area contributed by atoms with Gasteiger partial charge in [0, 0.05) is 11.9 Å². The molecule has 1 radical (unpaired) electrons. The van der Waals surface area contributed by atoms with Crippen LogP contribution in [0, 0.1) is 6.92 Å². The molecule has 1 rings (SSSR count). The van der Waals surface area contributed by atoms with Crippen LogP contribution in [0.4, 0.5) is 0 Å². The fourth-order valence-corrected chi connectivity index (χ4v) is 1.38. The summed E-state index contributed by atoms with van der Waals surface area (Å²) >= 11 is 0. The van der Waals surface area contributed by atoms with Gasteiger partial charge in [0.2, 0.25) is 0 Å². The van der Waals surface area contributed by atoms with Gasteiger partial charge in [-0.15, -0.1) is 0 Å². The lowest BCUT2D eigenvalue weighted by Crippen LogP contribution is -1.92. The van der Waals surface area contributed by atoms with Crippen molar-refractivity contribution in [3.63, 3.8) is 0 Å². The first-order chi connectivity index (χ1) is 6.36. The Kier molecular flexibility index (Phi) is 4.52. The molecule has 0 atom stereocenters. The van der Waals surface area contributed by atoms with E-state index in [1.165, 1.54) is 24.1 Å². The predicted molar refractivity (Wildman–Crippen MR) is 56.5 cm³/mol. The zero-order valence-corrected chi connectivity index (χ0v) is 8.42. The Hall–Kier alpha value is -0.850. The van der Waals surface area contributed by atoms with Crippen molar-refractivity contribution in [2.45, 2.75) is 39.0 Å². The van der Waals surface area contributed by atoms with Crippen molar-refractivity contribution >= 4 is 0 Å². The first kappa shape index (κ1) is 10.2. The highest BCUT2D eigenvalue weighted by atomic mass is 14.7. The molecule has 0 aliphatic rings. The quantitative estimate of drug-likeness (QED) is 0.671. The smallest absolute Gasteiger partial charge is 0.0406 e. The maximum Gasteiger partial charge on any atom is 0.0406 e. The molecule has 1 aromatic heterocycles. The largest absolute Gasteiger partial charge is 0.261 e. The van der Waals surface area contributed by atoms with Crippen LogP contribution in [0.15, 0.2) is 18.3 Å². The van der Waals surface area contributed by atoms with Crippen molar-refractivity contribution in [1.29, 1.82) is 0 Å². The summed E-state index contributed by atoms with van der Waals surface area (Å²) in [5, 5.41) is 0. The summed E-state index contributed by atoms with van der Waals surface area (Å²) in [6.45, 7) is 6.06. The fourth-order valence-electron chi connectivity index (χ4n) is 1.38. The van der Waals surface area contributed by atoms with Gasteiger partial charge in [-0.2, -0.15) is 0 Å². The molecule has 0 saturated heterocycles. The topological polar surface area (TPSA) is 12.9 Å². The lowest BCUT2D eigenvalue weighted by molar-refractivity contribution is 0.774. The number of aryl methyl sites for hydroxylation is 2. The predicted octanol–water partition coefficient (Wildman–Crippen LogP) is 3.19. The molecule has 71 valence electrons. The summed E-state index contributed by atoms with van der Waals surface area (Å²) in [4.78, 5) is 4.34. The van der Waals surface area contributed by atoms with Crippen LogP contribution in [0.3, 0.4) is 0 Å². The number of aromatic nitrogens is 1. The Labute approximate surface area is 81.2 Å². The van der Waals surface area contributed by atoms with Crippen LogP contribution in [0.2, 0.25) is 0 Å². The summed E-state index contributed by atoms with van der Waals surface area (Å²) in [6, 6.07) is 4.29. The molecule has 0 unspecified atom stereocenters. The molecule has 1 aromatic rings. The Balaban J connectivity index is 2.56. The number of hydrogen-bond donors (Lipinski definition) is 0. The van der Waals surface area contributed by atoms with Crippen molar-refractivity contribution in [3.05, 3.63) is 36.5 Å². The molecular weight excluding hydrogens is 158 g/mol. The molecule has 0 aliphatic heterocycles. The van der Waals surface area contributed by atoms with Crippen molar-refractivity contribution in [2.75, 3.05) is 0 Å². The molecule has 1 heterocycles. The maximum absolute atomic E-state index is 4.34. The van der Waals surface area contributed by atoms with E-state index in [1.54, 1.807) is 0 Å². The lowest BCUT2D eigenvalue weighted by Gasteiger charge is -2.02. The molecule has 1 nitrogen and oxygen atoms in total. The number of hydrogen-bond acceptors (Lipinski definition) is 1. The molecule has 0 fully saturated rings. The van der Waals surface area contributed by atoms with E-state index in [4.69, 9.17) is 0 Å². The van der Waals surface area contributed by atoms with Crippen molar-refractivity contribution in [3.8, 4) is 0 Å². The molecule has 0 N–H and O–H groups in total. The summed E-state index contributed by atoms with van der Waals surface area (Å²) in [5.74, 6) is 0. The Morgan fingerprint density at radius 1 is 1.38 bits per heavy atom. The van der Waals surface area contributed by atoms with E-state index < -0.39 is 0 Å². The molecular formula is C12H18N. The summed E-state index contributed by atoms with van der Waals surface area (Å²) in [6.07, 6.45) is 7.54. The fraction of sp³-hybridized carbons (Fsp3) is 0.500. The van der Waals surface area contributed by atoms with Gasteiger partial charge in [0.25, 0.3) is 0 Å². The summed E-state index contributed by atoms with van der Waals surface area (Å²) < 4.78 is 0. The van der Waals surface area contributed by atoms with Gasteiger partial charge in [-0.05, 0) is 43.4 Å². The third-order valence-electron chi connectivity index (χ3n) is 2.13. The van der Waals surface area contributed by atoms with Gasteiger partial charge in [0.15, 0.2) is 0 Å². The van der Waals surface area contributed by atoms with Gasteiger partial charge in [0.05, 0.1) is 0 Å². The van der Waals surface area contributed by atoms with Gasteiger partial charge < -0.3 is 0 Å². The van der Waals surface area contributed by atoms with E-state index in [1.807, 2.05) is 6.20 Å². The Morgan fingerprint density at radius 2 is 2.23 bits per heavy atom. The SMILES string of the molecule is [CH2]CCc1ccnc(CCCC)c1. The van der Waals surface area contributed by atoms with Gasteiger partial charge >= 0.3 is 0 Å². The van der Waals surface area contributed by atoms with E-state index in [9.17, 15) is 0 Å². The molecule has 13 heavy (non-hydrogen) atoms. The third-order valence-corrected chi connectivity index (χ3v) is 2.13. The number of rotatable bonds is 5. The monoisotopic (exact) mass is 176 g/mol. The highest BCUT2D eigenvalue weighted by molar-refractivity contribution is 5.16. The Morgan fingerprint density at radius 3 is 2.92 bits per heavy atom. The van der Waals surface area contributed by atoms with Crippen LogP contribution in [0.25, 0.3) is 0 Å². The molecule has 0 bridgehead atoms. The highest BCUT2D eigenvalue weighted by Gasteiger charge is 1.96. The normalized spacial score (nSPS) is 10.3. The zero-order valence-electron chi connectivity index (χ0n) is 8.42. The van der Waals surface area contributed by atoms with E-state index in [-0.39, 0.29) is 0 Å². The van der Waals surface area contributed by atoms with Crippen molar-refractivity contribution in [2.24, 2.45) is 0 Å². The van der Waals surface area contributed by atoms with Crippen LogP contribution < -0.4 is 0 Å². The molecule has 0 saturated carbocycles. The zero-order chi connectivity index (χ0) is 9.52. The average Bonchev–Trinajstić information content (AvgIpc) is 2.16. The molecule has 0 aromatic carbocycles. The van der Waals surface area contributed by atoms with E-state index in [0.717, 1.165) is 19.3 Å². The van der Waals surface area contributed by atoms with Crippen molar-refractivity contribution in [1.82, 2.24) is 4.98 Å². The van der Waals surface area contributed by atoms with Crippen LogP contribution >= 0.6 is 0 Å². The Bertz CT molecular complexity index is 243. The minimum atomic E-state index is 0.969. The second-order valence-electron chi connectivity index (χ2n) is 3.36. The summed E-state index contributed by atoms with van der Waals surface area (Å²) in [7, 11) is 0. The van der Waals surface area contributed by atoms with Gasteiger partial charge in [-0.1, -0.05) is 20.3 Å². The van der Waals surface area contributed by atoms with Gasteiger partial charge in [-0.25, -0.2) is 0 Å². The highest BCUT2D eigenvalue weighted by Crippen LogP contribution is 2.07. The van der Waals surface area contributed by atoms with Crippen LogP contribution in [0.1, 0.15) is 37.4 Å². The number of nitrogens with zero attached hydrogens (tertiary/aromatic N) is 1. The second kappa shape index (κ2) is 5.74. The minimum absolute atomic E-state index is 0.969. The van der Waals surface area contributed by atoms with Crippen LogP contribution in [-0.2, 0) is 12.8 Å². The molecule has 0 amide bonds. The molecule has 0 spiro atoms. The second-order valence-corrected chi connectivity index (χ2v) is 3.36. The van der Waals surface area contributed by atoms with E-state index in [0.29, 0.717) is 0 Å². The lowest BCUT2D eigenvalue weighted by atomic mass is 10.1. The van der Waals surface area contributed by atoms with Crippen LogP contribution in [0.5, 0.6) is 0 Å². The van der Waals surface area contributed by atoms with E-state index in [2.05, 4.69) is 31.0 Å². The average molecular weight is 176 g/mol. The first-order valence-corrected chi connectivity index (χ1v) is 5.10. The van der Waals surface area contributed by atoms with Gasteiger partial charge in [-0.3, -0.25) is 4.98 Å². The van der Waals surface area contributed by atoms with E-state index >= 15 is 0 Å². The maximum atomic E-state index is 4.34. The first-order valence-electron chi connectivity index (χ1n) is 5.10. The number of unbranched alkanes of at least 4 members (excludes halogenated alkanes) is 1. The third kappa shape index (κ3) is 3.58. The number of pyridine rings is 1. The van der Waals surface area contributed by atoms with Gasteiger partial charge in [0.1, 0.15) is 0 Å². The van der Waals surface area contributed by atoms with Crippen LogP contribution in [-0.4, -0.2) is 4.98 Å². The standard InChI is InChI=1S/C12H18N/c1-3-5-7-12-10-11(6-4-2)8-9-13-12/h8-10H,2-7H2,1H3. The minimum Gasteiger partial charge on any atom is -0.261 e. The van der Waals surface area contributed by atoms with Crippen molar-refractivity contribution < 1.29 is 0 Å². The molecule has 0 aliphatic carbocycles. The molecule has 1 heteroatoms.